The highest BCUT2D eigenvalue weighted by Gasteiger charge is 2.33. The summed E-state index contributed by atoms with van der Waals surface area (Å²) in [5.74, 6) is 0.562. The minimum atomic E-state index is -2.09. The van der Waals surface area contributed by atoms with Crippen LogP contribution in [-0.4, -0.2) is 48.1 Å². The molecule has 1 aromatic carbocycles. The third-order valence-electron chi connectivity index (χ3n) is 5.11. The fourth-order valence-electron chi connectivity index (χ4n) is 3.53. The van der Waals surface area contributed by atoms with E-state index in [9.17, 15) is 0 Å². The molecule has 1 aliphatic rings. The van der Waals surface area contributed by atoms with E-state index in [2.05, 4.69) is 20.4 Å². The first-order valence-corrected chi connectivity index (χ1v) is 11.9. The molecule has 0 bridgehead atoms. The number of fused-ring (bicyclic) bond motifs is 1. The number of rotatable bonds is 8. The van der Waals surface area contributed by atoms with Crippen molar-refractivity contribution in [1.82, 2.24) is 19.7 Å². The Morgan fingerprint density at radius 3 is 2.87 bits per heavy atom. The van der Waals surface area contributed by atoms with Crippen LogP contribution in [0.3, 0.4) is 0 Å². The molecule has 9 nitrogen and oxygen atoms in total. The summed E-state index contributed by atoms with van der Waals surface area (Å²) < 4.78 is 13.3. The van der Waals surface area contributed by atoms with Gasteiger partial charge in [-0.3, -0.25) is 0 Å². The van der Waals surface area contributed by atoms with Gasteiger partial charge >= 0.3 is 0 Å². The van der Waals surface area contributed by atoms with Gasteiger partial charge in [0.2, 0.25) is 5.28 Å². The third-order valence-corrected chi connectivity index (χ3v) is 6.03. The highest BCUT2D eigenvalue weighted by Crippen LogP contribution is 2.34. The van der Waals surface area contributed by atoms with Gasteiger partial charge in [0.15, 0.2) is 20.3 Å². The maximum Gasteiger partial charge on any atom is 0.226 e. The number of aromatic nitrogens is 4. The quantitative estimate of drug-likeness (QED) is 0.323. The lowest BCUT2D eigenvalue weighted by atomic mass is 10.1. The van der Waals surface area contributed by atoms with Crippen LogP contribution >= 0.6 is 31.6 Å². The predicted octanol–water partition coefficient (Wildman–Crippen LogP) is 4.08. The van der Waals surface area contributed by atoms with Crippen molar-refractivity contribution in [3.8, 4) is 0 Å². The molecule has 3 heterocycles. The second-order valence-corrected chi connectivity index (χ2v) is 8.94. The fraction of sp³-hybridized carbons (Fsp3) is 0.421. The number of ether oxygens (including phenoxy) is 2. The Balaban J connectivity index is 1.51. The van der Waals surface area contributed by atoms with Crippen molar-refractivity contribution in [2.24, 2.45) is 0 Å². The number of halogens is 2. The Morgan fingerprint density at radius 2 is 2.10 bits per heavy atom. The smallest absolute Gasteiger partial charge is 0.226 e. The highest BCUT2D eigenvalue weighted by molar-refractivity contribution is 7.44. The molecule has 2 aromatic heterocycles. The number of nitrogens with zero attached hydrogens (tertiary/aromatic N) is 4. The molecule has 0 aliphatic carbocycles. The van der Waals surface area contributed by atoms with Crippen molar-refractivity contribution >= 4 is 48.4 Å². The summed E-state index contributed by atoms with van der Waals surface area (Å²) in [6, 6.07) is 7.57. The molecule has 31 heavy (non-hydrogen) atoms. The molecule has 166 valence electrons. The van der Waals surface area contributed by atoms with E-state index < -0.39 is 8.38 Å². The Hall–Kier alpha value is -1.58. The van der Waals surface area contributed by atoms with E-state index in [-0.39, 0.29) is 30.1 Å². The van der Waals surface area contributed by atoms with Crippen molar-refractivity contribution in [2.75, 3.05) is 11.7 Å². The average Bonchev–Trinajstić information content (AvgIpc) is 3.38. The number of anilines is 1. The molecule has 4 rings (SSSR count). The Morgan fingerprint density at radius 1 is 1.29 bits per heavy atom. The third kappa shape index (κ3) is 5.26. The van der Waals surface area contributed by atoms with Crippen molar-refractivity contribution in [3.63, 3.8) is 0 Å². The van der Waals surface area contributed by atoms with E-state index in [0.29, 0.717) is 29.5 Å². The highest BCUT2D eigenvalue weighted by atomic mass is 35.5. The van der Waals surface area contributed by atoms with E-state index in [1.165, 1.54) is 0 Å². The monoisotopic (exact) mass is 485 g/mol. The van der Waals surface area contributed by atoms with E-state index in [1.54, 1.807) is 10.9 Å². The molecule has 3 aromatic rings. The van der Waals surface area contributed by atoms with Crippen LogP contribution in [-0.2, 0) is 16.0 Å². The van der Waals surface area contributed by atoms with Gasteiger partial charge in [-0.15, -0.1) is 0 Å². The van der Waals surface area contributed by atoms with Crippen LogP contribution in [0.25, 0.3) is 11.0 Å². The summed E-state index contributed by atoms with van der Waals surface area (Å²) in [5.41, 5.74) is 1.50. The van der Waals surface area contributed by atoms with Crippen LogP contribution in [0.4, 0.5) is 5.82 Å². The molecule has 1 aliphatic heterocycles. The summed E-state index contributed by atoms with van der Waals surface area (Å²) in [6.07, 6.45) is 2.25. The minimum absolute atomic E-state index is 0.0985. The normalized spacial score (nSPS) is 19.9. The topological polar surface area (TPSA) is 115 Å². The molecule has 0 saturated carbocycles. The summed E-state index contributed by atoms with van der Waals surface area (Å²) in [7, 11) is -2.09. The first kappa shape index (κ1) is 22.6. The van der Waals surface area contributed by atoms with Gasteiger partial charge in [-0.25, -0.2) is 4.68 Å². The average molecular weight is 486 g/mol. The van der Waals surface area contributed by atoms with Crippen LogP contribution < -0.4 is 5.32 Å². The number of nitrogens with one attached hydrogen (secondary N) is 1. The minimum Gasteiger partial charge on any atom is -0.366 e. The maximum absolute atomic E-state index is 9.05. The van der Waals surface area contributed by atoms with Gasteiger partial charge in [-0.2, -0.15) is 15.1 Å². The number of hydrogen-bond acceptors (Lipinski definition) is 8. The first-order chi connectivity index (χ1) is 14.9. The van der Waals surface area contributed by atoms with E-state index >= 15 is 0 Å². The Labute approximate surface area is 190 Å². The molecule has 1 fully saturated rings. The zero-order valence-corrected chi connectivity index (χ0v) is 19.1. The standard InChI is InChI=1S/C19H22Cl2N5O4P/c1-11(29-10-31(27)28)15-6-7-16(30-15)26-18-13(9-23-26)17(24-19(21)25-18)22-8-12-4-2-3-5-14(12)20/h2-5,9,11,15-16,27-28H,6-8,10H2,1H3,(H,22,24,25). The van der Waals surface area contributed by atoms with E-state index in [0.717, 1.165) is 17.4 Å². The lowest BCUT2D eigenvalue weighted by Crippen LogP contribution is -2.26. The SMILES string of the molecule is CC(OCP(O)O)C1CCC(n2ncc3c(NCc4ccccc4Cl)nc(Cl)nc32)O1. The fourth-order valence-corrected chi connectivity index (χ4v) is 4.26. The summed E-state index contributed by atoms with van der Waals surface area (Å²) in [4.78, 5) is 26.8. The van der Waals surface area contributed by atoms with Gasteiger partial charge in [-0.05, 0) is 43.0 Å². The van der Waals surface area contributed by atoms with E-state index in [1.807, 2.05) is 31.2 Å². The maximum atomic E-state index is 9.05. The van der Waals surface area contributed by atoms with Crippen LogP contribution in [0.15, 0.2) is 30.5 Å². The van der Waals surface area contributed by atoms with E-state index in [4.69, 9.17) is 42.5 Å². The molecular formula is C19H22Cl2N5O4P. The van der Waals surface area contributed by atoms with Crippen LogP contribution in [0.2, 0.25) is 10.3 Å². The van der Waals surface area contributed by atoms with Gasteiger partial charge < -0.3 is 24.6 Å². The van der Waals surface area contributed by atoms with Gasteiger partial charge in [0, 0.05) is 11.6 Å². The van der Waals surface area contributed by atoms with Crippen LogP contribution in [0, 0.1) is 0 Å². The number of hydrogen-bond donors (Lipinski definition) is 3. The lowest BCUT2D eigenvalue weighted by Gasteiger charge is -2.21. The molecule has 3 atom stereocenters. The van der Waals surface area contributed by atoms with Crippen molar-refractivity contribution in [3.05, 3.63) is 46.3 Å². The molecule has 1 saturated heterocycles. The second kappa shape index (κ2) is 9.92. The molecule has 0 radical (unpaired) electrons. The molecular weight excluding hydrogens is 464 g/mol. The van der Waals surface area contributed by atoms with Crippen LogP contribution in [0.5, 0.6) is 0 Å². The van der Waals surface area contributed by atoms with Gasteiger partial charge in [0.1, 0.15) is 12.2 Å². The summed E-state index contributed by atoms with van der Waals surface area (Å²) in [5, 5.41) is 9.22. The van der Waals surface area contributed by atoms with Crippen molar-refractivity contribution < 1.29 is 19.3 Å². The van der Waals surface area contributed by atoms with Crippen molar-refractivity contribution in [2.45, 2.75) is 44.7 Å². The predicted molar refractivity (Wildman–Crippen MR) is 119 cm³/mol. The molecule has 3 N–H and O–H groups in total. The zero-order chi connectivity index (χ0) is 22.0. The zero-order valence-electron chi connectivity index (χ0n) is 16.7. The summed E-state index contributed by atoms with van der Waals surface area (Å²) in [6.45, 7) is 2.32. The van der Waals surface area contributed by atoms with Crippen molar-refractivity contribution in [1.29, 1.82) is 0 Å². The molecule has 12 heteroatoms. The van der Waals surface area contributed by atoms with Gasteiger partial charge in [-0.1, -0.05) is 29.8 Å². The molecule has 0 amide bonds. The lowest BCUT2D eigenvalue weighted by molar-refractivity contribution is -0.0736. The second-order valence-electron chi connectivity index (χ2n) is 7.19. The van der Waals surface area contributed by atoms with Crippen LogP contribution in [0.1, 0.15) is 31.6 Å². The Bertz CT molecular complexity index is 1050. The first-order valence-electron chi connectivity index (χ1n) is 9.72. The largest absolute Gasteiger partial charge is 0.366 e. The Kier molecular flexibility index (Phi) is 7.23. The molecule has 3 unspecified atom stereocenters. The summed E-state index contributed by atoms with van der Waals surface area (Å²) >= 11 is 12.4. The molecule has 0 spiro atoms. The number of benzene rings is 1. The van der Waals surface area contributed by atoms with Gasteiger partial charge in [0.25, 0.3) is 0 Å². The van der Waals surface area contributed by atoms with Gasteiger partial charge in [0.05, 0.1) is 23.8 Å².